The second kappa shape index (κ2) is 19.9. The molecule has 14 rings (SSSR count). The fourth-order valence-corrected chi connectivity index (χ4v) is 22.5. The first-order chi connectivity index (χ1) is 38.7. The summed E-state index contributed by atoms with van der Waals surface area (Å²) in [5, 5.41) is 20.7. The van der Waals surface area contributed by atoms with Crippen molar-refractivity contribution in [2.24, 2.45) is 0 Å². The molecule has 2 heteroatoms. The minimum absolute atomic E-state index is 1.19. The van der Waals surface area contributed by atoms with E-state index in [4.69, 9.17) is 0 Å². The van der Waals surface area contributed by atoms with Crippen LogP contribution in [-0.4, -0.2) is 16.1 Å². The van der Waals surface area contributed by atoms with Crippen molar-refractivity contribution in [3.8, 4) is 33.4 Å². The minimum atomic E-state index is -2.96. The van der Waals surface area contributed by atoms with Crippen LogP contribution < -0.4 is 41.5 Å². The molecule has 0 heterocycles. The third-order valence-corrected chi connectivity index (χ3v) is 26.1. The van der Waals surface area contributed by atoms with Gasteiger partial charge in [0.25, 0.3) is 0 Å². The summed E-state index contributed by atoms with van der Waals surface area (Å²) in [5.41, 5.74) is 7.29. The molecule has 0 aliphatic rings. The molecule has 0 fully saturated rings. The predicted molar refractivity (Wildman–Crippen MR) is 340 cm³/mol. The van der Waals surface area contributed by atoms with E-state index in [9.17, 15) is 0 Å². The normalized spacial score (nSPS) is 11.8. The van der Waals surface area contributed by atoms with Crippen LogP contribution in [0.5, 0.6) is 0 Å². The first-order valence-corrected chi connectivity index (χ1v) is 31.1. The summed E-state index contributed by atoms with van der Waals surface area (Å²) in [6.07, 6.45) is 0. The van der Waals surface area contributed by atoms with Gasteiger partial charge in [-0.2, -0.15) is 0 Å². The van der Waals surface area contributed by atoms with Crippen LogP contribution in [0.2, 0.25) is 0 Å². The zero-order valence-corrected chi connectivity index (χ0v) is 45.2. The van der Waals surface area contributed by atoms with Gasteiger partial charge in [-0.1, -0.05) is 315 Å². The van der Waals surface area contributed by atoms with E-state index in [2.05, 4.69) is 328 Å². The van der Waals surface area contributed by atoms with E-state index in [0.29, 0.717) is 0 Å². The molecule has 0 spiro atoms. The van der Waals surface area contributed by atoms with Crippen molar-refractivity contribution >= 4 is 101 Å². The molecule has 0 bridgehead atoms. The zero-order chi connectivity index (χ0) is 51.9. The lowest BCUT2D eigenvalue weighted by molar-refractivity contribution is 1.63. The molecule has 0 N–H and O–H groups in total. The predicted octanol–water partition coefficient (Wildman–Crippen LogP) is 14.1. The SMILES string of the molecule is c1ccc([Si](c2ccccc2)(c2ccccc2)c2ccc3c(-c4ccc5ccccc5c4)c4cc([Si](c5ccccc5)(c5ccccc5)c5ccccc5)ccc4c(-c4ccc(-c5ccc6ccccc6c5)cc4)c3c2)cc1. The highest BCUT2D eigenvalue weighted by atomic mass is 28.3. The van der Waals surface area contributed by atoms with Crippen molar-refractivity contribution in [3.63, 3.8) is 0 Å². The standard InChI is InChI=1S/C76H54Si2/c1-7-27-63(28-8-1)77(64-29-9-2-10-30-64,65-31-11-3-12-32-65)69-48-50-72-73(53-69)75(58-43-39-57(40-44-58)61-45-41-55-23-19-21-25-59(55)51-61)71-49-47-70(54-74(71)76(72)62-46-42-56-24-20-22-26-60(56)52-62)78(66-33-13-4-14-34-66,67-35-15-5-16-36-67)68-37-17-6-18-38-68/h1-54H. The van der Waals surface area contributed by atoms with Crippen molar-refractivity contribution in [1.82, 2.24) is 0 Å². The maximum Gasteiger partial charge on any atom is 0.179 e. The van der Waals surface area contributed by atoms with E-state index in [0.717, 1.165) is 0 Å². The molecule has 0 aliphatic heterocycles. The highest BCUT2D eigenvalue weighted by molar-refractivity contribution is 7.20. The summed E-state index contributed by atoms with van der Waals surface area (Å²) in [5.74, 6) is 0. The lowest BCUT2D eigenvalue weighted by Gasteiger charge is -2.35. The second-order valence-electron chi connectivity index (χ2n) is 20.7. The molecule has 0 saturated carbocycles. The van der Waals surface area contributed by atoms with E-state index >= 15 is 0 Å². The third kappa shape index (κ3) is 7.88. The van der Waals surface area contributed by atoms with E-state index < -0.39 is 16.1 Å². The maximum absolute atomic E-state index is 2.96. The van der Waals surface area contributed by atoms with Gasteiger partial charge in [0.2, 0.25) is 0 Å². The molecule has 0 atom stereocenters. The van der Waals surface area contributed by atoms with Crippen molar-refractivity contribution in [2.75, 3.05) is 0 Å². The Balaban J connectivity index is 1.13. The van der Waals surface area contributed by atoms with Crippen LogP contribution in [0.1, 0.15) is 0 Å². The average molecular weight is 1020 g/mol. The molecule has 14 aromatic rings. The summed E-state index contributed by atoms with van der Waals surface area (Å²) in [6, 6.07) is 124. The first-order valence-electron chi connectivity index (χ1n) is 27.1. The summed E-state index contributed by atoms with van der Waals surface area (Å²) in [6.45, 7) is 0. The minimum Gasteiger partial charge on any atom is -0.0623 e. The van der Waals surface area contributed by atoms with Crippen molar-refractivity contribution in [3.05, 3.63) is 328 Å². The Morgan fingerprint density at radius 1 is 0.154 bits per heavy atom. The first kappa shape index (κ1) is 47.0. The van der Waals surface area contributed by atoms with Gasteiger partial charge in [-0.3, -0.25) is 0 Å². The Morgan fingerprint density at radius 3 is 0.808 bits per heavy atom. The molecule has 0 aromatic heterocycles. The molecule has 366 valence electrons. The maximum atomic E-state index is 2.61. The van der Waals surface area contributed by atoms with Crippen LogP contribution in [0, 0.1) is 0 Å². The van der Waals surface area contributed by atoms with Crippen LogP contribution in [0.4, 0.5) is 0 Å². The van der Waals surface area contributed by atoms with Crippen LogP contribution in [0.3, 0.4) is 0 Å². The van der Waals surface area contributed by atoms with Gasteiger partial charge in [0.15, 0.2) is 16.1 Å². The van der Waals surface area contributed by atoms with Crippen molar-refractivity contribution in [1.29, 1.82) is 0 Å². The van der Waals surface area contributed by atoms with Gasteiger partial charge >= 0.3 is 0 Å². The topological polar surface area (TPSA) is 0 Å². The fraction of sp³-hybridized carbons (Fsp3) is 0. The molecule has 0 radical (unpaired) electrons. The number of hydrogen-bond acceptors (Lipinski definition) is 0. The number of hydrogen-bond donors (Lipinski definition) is 0. The highest BCUT2D eigenvalue weighted by Gasteiger charge is 2.43. The van der Waals surface area contributed by atoms with Gasteiger partial charge in [-0.05, 0) is 130 Å². The molecule has 0 amide bonds. The van der Waals surface area contributed by atoms with Gasteiger partial charge < -0.3 is 0 Å². The largest absolute Gasteiger partial charge is 0.179 e. The van der Waals surface area contributed by atoms with Gasteiger partial charge in [0.05, 0.1) is 0 Å². The lowest BCUT2D eigenvalue weighted by atomic mass is 9.85. The Kier molecular flexibility index (Phi) is 12.0. The molecule has 78 heavy (non-hydrogen) atoms. The number of fused-ring (bicyclic) bond motifs is 4. The van der Waals surface area contributed by atoms with Crippen LogP contribution in [0.25, 0.3) is 76.5 Å². The zero-order valence-electron chi connectivity index (χ0n) is 43.2. The molecule has 0 nitrogen and oxygen atoms in total. The Bertz CT molecular complexity index is 4250. The van der Waals surface area contributed by atoms with Crippen LogP contribution in [-0.2, 0) is 0 Å². The van der Waals surface area contributed by atoms with E-state index in [1.54, 1.807) is 0 Å². The van der Waals surface area contributed by atoms with E-state index in [-0.39, 0.29) is 0 Å². The Morgan fingerprint density at radius 2 is 0.436 bits per heavy atom. The second-order valence-corrected chi connectivity index (χ2v) is 28.3. The Hall–Kier alpha value is -9.45. The van der Waals surface area contributed by atoms with Gasteiger partial charge in [0, 0.05) is 0 Å². The number of benzene rings is 14. The molecule has 14 aromatic carbocycles. The summed E-state index contributed by atoms with van der Waals surface area (Å²) >= 11 is 0. The van der Waals surface area contributed by atoms with Crippen LogP contribution in [0.15, 0.2) is 328 Å². The molecular formula is C76H54Si2. The number of rotatable bonds is 11. The van der Waals surface area contributed by atoms with E-state index in [1.807, 2.05) is 0 Å². The van der Waals surface area contributed by atoms with E-state index in [1.165, 1.54) is 118 Å². The average Bonchev–Trinajstić information content (AvgIpc) is 3.54. The summed E-state index contributed by atoms with van der Waals surface area (Å²) in [4.78, 5) is 0. The van der Waals surface area contributed by atoms with Crippen LogP contribution >= 0.6 is 0 Å². The van der Waals surface area contributed by atoms with Crippen molar-refractivity contribution in [2.45, 2.75) is 0 Å². The molecule has 0 unspecified atom stereocenters. The molecule has 0 aliphatic carbocycles. The van der Waals surface area contributed by atoms with Gasteiger partial charge in [0.1, 0.15) is 0 Å². The van der Waals surface area contributed by atoms with Gasteiger partial charge in [-0.25, -0.2) is 0 Å². The Labute approximate surface area is 458 Å². The smallest absolute Gasteiger partial charge is 0.0623 e. The fourth-order valence-electron chi connectivity index (χ4n) is 13.0. The monoisotopic (exact) mass is 1020 g/mol. The highest BCUT2D eigenvalue weighted by Crippen LogP contribution is 2.45. The third-order valence-electron chi connectivity index (χ3n) is 16.5. The molecular weight excluding hydrogens is 969 g/mol. The van der Waals surface area contributed by atoms with Crippen molar-refractivity contribution < 1.29 is 0 Å². The quantitative estimate of drug-likeness (QED) is 0.0688. The molecule has 0 saturated heterocycles. The lowest BCUT2D eigenvalue weighted by Crippen LogP contribution is -2.74. The summed E-state index contributed by atoms with van der Waals surface area (Å²) in [7, 11) is -5.91. The van der Waals surface area contributed by atoms with Gasteiger partial charge in [-0.15, -0.1) is 0 Å². The summed E-state index contributed by atoms with van der Waals surface area (Å²) < 4.78 is 0.